The van der Waals surface area contributed by atoms with Gasteiger partial charge in [-0.25, -0.2) is 19.1 Å². The Morgan fingerprint density at radius 3 is 2.41 bits per heavy atom. The molecule has 0 radical (unpaired) electrons. The number of aliphatic imine (C=N–C) groups is 1. The normalized spacial score (nSPS) is 22.1. The minimum Gasteiger partial charge on any atom is -0.292 e. The van der Waals surface area contributed by atoms with E-state index in [2.05, 4.69) is 10.3 Å². The summed E-state index contributed by atoms with van der Waals surface area (Å²) in [5.74, 6) is -1.68. The molecule has 3 rings (SSSR count). The summed E-state index contributed by atoms with van der Waals surface area (Å²) < 4.78 is 12.5. The molecule has 1 saturated heterocycles. The van der Waals surface area contributed by atoms with Crippen LogP contribution in [0.25, 0.3) is 0 Å². The maximum Gasteiger partial charge on any atom is 0.337 e. The van der Waals surface area contributed by atoms with Gasteiger partial charge in [0.1, 0.15) is 17.4 Å². The summed E-state index contributed by atoms with van der Waals surface area (Å²) in [7, 11) is 1.29. The van der Waals surface area contributed by atoms with Crippen LogP contribution in [0.1, 0.15) is 25.7 Å². The van der Waals surface area contributed by atoms with Crippen molar-refractivity contribution in [1.82, 2.24) is 10.2 Å². The molecule has 0 bridgehead atoms. The summed E-state index contributed by atoms with van der Waals surface area (Å²) in [6.07, 6.45) is 2.84. The summed E-state index contributed by atoms with van der Waals surface area (Å²) in [6.45, 7) is 0. The number of para-hydroxylation sites is 1. The standard InChI is InChI=1S/C18H19Cl4FN4O2/c1-26-16(28)15(27(17(26)29)12-9-5-4-8-11(12)23)25-14(13(19)18(20,21)22)24-10-6-2-3-7-10/h4-5,8-10,13-14,24H,2-3,6-7H2,1H3. The number of nitrogens with one attached hydrogen (secondary N) is 1. The van der Waals surface area contributed by atoms with Crippen molar-refractivity contribution in [2.45, 2.75) is 47.1 Å². The van der Waals surface area contributed by atoms with Crippen LogP contribution in [0.4, 0.5) is 14.9 Å². The number of rotatable bonds is 5. The summed E-state index contributed by atoms with van der Waals surface area (Å²) >= 11 is 24.3. The molecule has 1 aliphatic heterocycles. The summed E-state index contributed by atoms with van der Waals surface area (Å²) in [5, 5.41) is 2.07. The highest BCUT2D eigenvalue weighted by molar-refractivity contribution is 6.70. The molecule has 1 N–H and O–H groups in total. The zero-order valence-corrected chi connectivity index (χ0v) is 18.4. The van der Waals surface area contributed by atoms with E-state index in [4.69, 9.17) is 46.4 Å². The molecule has 1 aromatic rings. The van der Waals surface area contributed by atoms with Gasteiger partial charge in [0.25, 0.3) is 5.91 Å². The third-order valence-corrected chi connectivity index (χ3v) is 6.50. The fourth-order valence-corrected chi connectivity index (χ4v) is 3.86. The SMILES string of the molecule is CN1C(=O)C(=NC(NC2CCCC2)C(Cl)C(Cl)(Cl)Cl)N(c2ccccc2F)C1=O. The van der Waals surface area contributed by atoms with Crippen LogP contribution >= 0.6 is 46.4 Å². The van der Waals surface area contributed by atoms with E-state index in [1.807, 2.05) is 0 Å². The Hall–Kier alpha value is -1.12. The molecule has 158 valence electrons. The highest BCUT2D eigenvalue weighted by Crippen LogP contribution is 2.37. The van der Waals surface area contributed by atoms with Gasteiger partial charge in [0, 0.05) is 13.1 Å². The number of benzene rings is 1. The molecule has 1 aromatic carbocycles. The molecule has 2 atom stereocenters. The van der Waals surface area contributed by atoms with E-state index in [-0.39, 0.29) is 17.6 Å². The second kappa shape index (κ2) is 8.94. The third kappa shape index (κ3) is 4.80. The average Bonchev–Trinajstić information content (AvgIpc) is 3.24. The third-order valence-electron chi connectivity index (χ3n) is 4.89. The lowest BCUT2D eigenvalue weighted by molar-refractivity contribution is -0.119. The van der Waals surface area contributed by atoms with Crippen LogP contribution in [0.2, 0.25) is 0 Å². The number of urea groups is 1. The molecule has 2 fully saturated rings. The van der Waals surface area contributed by atoms with Gasteiger partial charge in [-0.15, -0.1) is 11.6 Å². The van der Waals surface area contributed by atoms with Crippen LogP contribution in [0, 0.1) is 5.82 Å². The molecular weight excluding hydrogens is 465 g/mol. The Balaban J connectivity index is 2.03. The Morgan fingerprint density at radius 2 is 1.83 bits per heavy atom. The minimum atomic E-state index is -1.89. The fourth-order valence-electron chi connectivity index (χ4n) is 3.37. The first-order chi connectivity index (χ1) is 13.6. The molecule has 3 amide bonds. The molecule has 2 aliphatic rings. The molecule has 1 aliphatic carbocycles. The number of imide groups is 1. The number of carbonyl (C=O) groups excluding carboxylic acids is 2. The minimum absolute atomic E-state index is 0.0739. The zero-order valence-electron chi connectivity index (χ0n) is 15.4. The van der Waals surface area contributed by atoms with E-state index in [1.54, 1.807) is 6.07 Å². The number of hydrogen-bond donors (Lipinski definition) is 1. The highest BCUT2D eigenvalue weighted by atomic mass is 35.6. The average molecular weight is 484 g/mol. The number of amides is 3. The first-order valence-corrected chi connectivity index (χ1v) is 10.6. The van der Waals surface area contributed by atoms with Crippen molar-refractivity contribution in [3.05, 3.63) is 30.1 Å². The van der Waals surface area contributed by atoms with E-state index in [0.717, 1.165) is 35.5 Å². The number of amidine groups is 1. The van der Waals surface area contributed by atoms with Crippen molar-refractivity contribution < 1.29 is 14.0 Å². The fraction of sp³-hybridized carbons (Fsp3) is 0.500. The van der Waals surface area contributed by atoms with E-state index in [9.17, 15) is 14.0 Å². The van der Waals surface area contributed by atoms with Crippen molar-refractivity contribution >= 4 is 69.9 Å². The topological polar surface area (TPSA) is 65.0 Å². The Morgan fingerprint density at radius 1 is 1.21 bits per heavy atom. The molecule has 0 aromatic heterocycles. The lowest BCUT2D eigenvalue weighted by Gasteiger charge is -2.28. The van der Waals surface area contributed by atoms with Crippen LogP contribution in [0.5, 0.6) is 0 Å². The Labute approximate surface area is 187 Å². The number of likely N-dealkylation sites (N-methyl/N-ethyl adjacent to an activating group) is 1. The van der Waals surface area contributed by atoms with Gasteiger partial charge in [0.15, 0.2) is 0 Å². The molecule has 2 unspecified atom stereocenters. The monoisotopic (exact) mass is 482 g/mol. The first kappa shape index (κ1) is 22.6. The molecule has 0 spiro atoms. The van der Waals surface area contributed by atoms with Gasteiger partial charge >= 0.3 is 6.03 Å². The largest absolute Gasteiger partial charge is 0.337 e. The predicted molar refractivity (Wildman–Crippen MR) is 114 cm³/mol. The number of halogens is 5. The van der Waals surface area contributed by atoms with Crippen molar-refractivity contribution in [2.24, 2.45) is 4.99 Å². The maximum atomic E-state index is 14.4. The van der Waals surface area contributed by atoms with Gasteiger partial charge in [-0.3, -0.25) is 15.0 Å². The van der Waals surface area contributed by atoms with E-state index in [0.29, 0.717) is 0 Å². The van der Waals surface area contributed by atoms with Gasteiger partial charge in [-0.05, 0) is 25.0 Å². The Bertz CT molecular complexity index is 826. The van der Waals surface area contributed by atoms with Gasteiger partial charge in [0.05, 0.1) is 5.69 Å². The highest BCUT2D eigenvalue weighted by Gasteiger charge is 2.45. The zero-order chi connectivity index (χ0) is 21.3. The van der Waals surface area contributed by atoms with Crippen LogP contribution in [-0.4, -0.2) is 51.1 Å². The van der Waals surface area contributed by atoms with E-state index < -0.39 is 33.1 Å². The Kier molecular flexibility index (Phi) is 6.95. The number of hydrogen-bond acceptors (Lipinski definition) is 4. The summed E-state index contributed by atoms with van der Waals surface area (Å²) in [4.78, 5) is 31.4. The van der Waals surface area contributed by atoms with Crippen molar-refractivity contribution in [2.75, 3.05) is 11.9 Å². The molecule has 29 heavy (non-hydrogen) atoms. The van der Waals surface area contributed by atoms with Gasteiger partial charge in [0.2, 0.25) is 9.63 Å². The summed E-state index contributed by atoms with van der Waals surface area (Å²) in [6, 6.07) is 4.92. The molecule has 6 nitrogen and oxygen atoms in total. The van der Waals surface area contributed by atoms with Crippen molar-refractivity contribution in [3.8, 4) is 0 Å². The van der Waals surface area contributed by atoms with E-state index >= 15 is 0 Å². The quantitative estimate of drug-likeness (QED) is 0.496. The van der Waals surface area contributed by atoms with Crippen LogP contribution in [0.3, 0.4) is 0 Å². The number of carbonyl (C=O) groups is 2. The molecular formula is C18H19Cl4FN4O2. The predicted octanol–water partition coefficient (Wildman–Crippen LogP) is 4.46. The van der Waals surface area contributed by atoms with Crippen molar-refractivity contribution in [3.63, 3.8) is 0 Å². The van der Waals surface area contributed by atoms with E-state index in [1.165, 1.54) is 25.2 Å². The lowest BCUT2D eigenvalue weighted by atomic mass is 10.2. The van der Waals surface area contributed by atoms with Gasteiger partial charge in [-0.1, -0.05) is 59.8 Å². The molecule has 11 heteroatoms. The van der Waals surface area contributed by atoms with Crippen LogP contribution in [0.15, 0.2) is 29.3 Å². The molecule has 1 heterocycles. The maximum absolute atomic E-state index is 14.4. The number of anilines is 1. The second-order valence-corrected chi connectivity index (χ2v) is 9.76. The van der Waals surface area contributed by atoms with Crippen LogP contribution in [-0.2, 0) is 4.79 Å². The molecule has 1 saturated carbocycles. The first-order valence-electron chi connectivity index (χ1n) is 9.02. The van der Waals surface area contributed by atoms with Crippen LogP contribution < -0.4 is 10.2 Å². The smallest absolute Gasteiger partial charge is 0.292 e. The lowest BCUT2D eigenvalue weighted by Crippen LogP contribution is -2.47. The second-order valence-electron chi connectivity index (χ2n) is 6.92. The van der Waals surface area contributed by atoms with Gasteiger partial charge in [-0.2, -0.15) is 0 Å². The van der Waals surface area contributed by atoms with Crippen molar-refractivity contribution in [1.29, 1.82) is 0 Å². The van der Waals surface area contributed by atoms with Gasteiger partial charge < -0.3 is 0 Å². The number of nitrogens with zero attached hydrogens (tertiary/aromatic N) is 3. The number of alkyl halides is 4. The summed E-state index contributed by atoms with van der Waals surface area (Å²) in [5.41, 5.74) is -0.103.